The molecule has 4 nitrogen and oxygen atoms in total. The Bertz CT molecular complexity index is 292. The second-order valence-electron chi connectivity index (χ2n) is 6.25. The molecule has 0 radical (unpaired) electrons. The second-order valence-corrected chi connectivity index (χ2v) is 6.25. The number of nitrogens with zero attached hydrogens (tertiary/aromatic N) is 1. The van der Waals surface area contributed by atoms with Gasteiger partial charge in [-0.2, -0.15) is 0 Å². The summed E-state index contributed by atoms with van der Waals surface area (Å²) in [5, 5.41) is 0. The van der Waals surface area contributed by atoms with Crippen molar-refractivity contribution < 1.29 is 9.53 Å². The molecular formula is C14H26N2O2. The van der Waals surface area contributed by atoms with Crippen LogP contribution in [0, 0.1) is 5.92 Å². The summed E-state index contributed by atoms with van der Waals surface area (Å²) in [5.74, 6) is 0.598. The highest BCUT2D eigenvalue weighted by atomic mass is 16.5. The van der Waals surface area contributed by atoms with Crippen molar-refractivity contribution in [1.29, 1.82) is 0 Å². The Hall–Kier alpha value is -0.610. The highest BCUT2D eigenvalue weighted by Crippen LogP contribution is 2.28. The van der Waals surface area contributed by atoms with E-state index in [1.165, 1.54) is 12.8 Å². The van der Waals surface area contributed by atoms with Gasteiger partial charge in [0, 0.05) is 19.2 Å². The molecule has 1 saturated heterocycles. The molecule has 0 aromatic rings. The number of ether oxygens (including phenoxy) is 1. The van der Waals surface area contributed by atoms with Crippen molar-refractivity contribution in [3.05, 3.63) is 0 Å². The maximum absolute atomic E-state index is 12.7. The number of hydrogen-bond acceptors (Lipinski definition) is 3. The Balaban J connectivity index is 2.09. The number of nitrogens with two attached hydrogens (primary N) is 1. The van der Waals surface area contributed by atoms with Crippen LogP contribution in [-0.4, -0.2) is 42.1 Å². The van der Waals surface area contributed by atoms with Crippen LogP contribution >= 0.6 is 0 Å². The highest BCUT2D eigenvalue weighted by Gasteiger charge is 2.43. The third-order valence-corrected chi connectivity index (χ3v) is 4.07. The van der Waals surface area contributed by atoms with Gasteiger partial charge in [0.25, 0.3) is 0 Å². The molecule has 18 heavy (non-hydrogen) atoms. The first-order valence-electron chi connectivity index (χ1n) is 7.20. The van der Waals surface area contributed by atoms with Gasteiger partial charge in [-0.3, -0.25) is 4.79 Å². The number of amides is 1. The summed E-state index contributed by atoms with van der Waals surface area (Å²) in [6.45, 7) is 6.13. The second kappa shape index (κ2) is 5.57. The number of carbonyl (C=O) groups is 1. The van der Waals surface area contributed by atoms with Crippen molar-refractivity contribution in [2.45, 2.75) is 57.5 Å². The molecule has 0 aromatic carbocycles. The fraction of sp³-hybridized carbons (Fsp3) is 0.929. The molecule has 1 saturated carbocycles. The number of rotatable bonds is 4. The molecule has 104 valence electrons. The quantitative estimate of drug-likeness (QED) is 0.828. The SMILES string of the molecule is CC(C)CN(C(=O)C1(N)CCOC1)C1CCCC1. The molecule has 0 spiro atoms. The summed E-state index contributed by atoms with van der Waals surface area (Å²) in [4.78, 5) is 14.8. The first kappa shape index (κ1) is 13.8. The van der Waals surface area contributed by atoms with E-state index in [4.69, 9.17) is 10.5 Å². The molecular weight excluding hydrogens is 228 g/mol. The Morgan fingerprint density at radius 3 is 2.61 bits per heavy atom. The van der Waals surface area contributed by atoms with Crippen molar-refractivity contribution in [2.75, 3.05) is 19.8 Å². The van der Waals surface area contributed by atoms with E-state index in [0.29, 0.717) is 31.6 Å². The third kappa shape index (κ3) is 2.86. The van der Waals surface area contributed by atoms with Crippen molar-refractivity contribution in [3.63, 3.8) is 0 Å². The van der Waals surface area contributed by atoms with Gasteiger partial charge >= 0.3 is 0 Å². The van der Waals surface area contributed by atoms with Crippen LogP contribution in [0.3, 0.4) is 0 Å². The largest absolute Gasteiger partial charge is 0.379 e. The predicted octanol–water partition coefficient (Wildman–Crippen LogP) is 1.53. The van der Waals surface area contributed by atoms with Crippen LogP contribution in [0.25, 0.3) is 0 Å². The molecule has 0 bridgehead atoms. The standard InChI is InChI=1S/C14H26N2O2/c1-11(2)9-16(12-5-3-4-6-12)13(17)14(15)7-8-18-10-14/h11-12H,3-10,15H2,1-2H3. The van der Waals surface area contributed by atoms with E-state index < -0.39 is 5.54 Å². The van der Waals surface area contributed by atoms with Gasteiger partial charge in [-0.15, -0.1) is 0 Å². The molecule has 0 aromatic heterocycles. The minimum atomic E-state index is -0.766. The maximum Gasteiger partial charge on any atom is 0.245 e. The number of hydrogen-bond donors (Lipinski definition) is 1. The average molecular weight is 254 g/mol. The van der Waals surface area contributed by atoms with E-state index in [1.807, 2.05) is 4.90 Å². The Morgan fingerprint density at radius 1 is 1.44 bits per heavy atom. The molecule has 1 heterocycles. The molecule has 1 aliphatic carbocycles. The highest BCUT2D eigenvalue weighted by molar-refractivity contribution is 5.87. The van der Waals surface area contributed by atoms with E-state index in [0.717, 1.165) is 19.4 Å². The summed E-state index contributed by atoms with van der Waals surface area (Å²) >= 11 is 0. The van der Waals surface area contributed by atoms with Crippen LogP contribution in [0.15, 0.2) is 0 Å². The van der Waals surface area contributed by atoms with E-state index in [1.54, 1.807) is 0 Å². The normalized spacial score (nSPS) is 29.1. The van der Waals surface area contributed by atoms with Crippen molar-refractivity contribution in [1.82, 2.24) is 4.90 Å². The zero-order valence-electron chi connectivity index (χ0n) is 11.7. The summed E-state index contributed by atoms with van der Waals surface area (Å²) in [5.41, 5.74) is 5.46. The fourth-order valence-corrected chi connectivity index (χ4v) is 3.04. The van der Waals surface area contributed by atoms with Gasteiger partial charge < -0.3 is 15.4 Å². The van der Waals surface area contributed by atoms with Gasteiger partial charge in [0.15, 0.2) is 0 Å². The lowest BCUT2D eigenvalue weighted by Crippen LogP contribution is -2.58. The molecule has 2 rings (SSSR count). The molecule has 1 amide bonds. The zero-order valence-corrected chi connectivity index (χ0v) is 11.7. The molecule has 2 aliphatic rings. The minimum Gasteiger partial charge on any atom is -0.379 e. The monoisotopic (exact) mass is 254 g/mol. The lowest BCUT2D eigenvalue weighted by molar-refractivity contribution is -0.140. The van der Waals surface area contributed by atoms with Crippen molar-refractivity contribution >= 4 is 5.91 Å². The topological polar surface area (TPSA) is 55.6 Å². The average Bonchev–Trinajstić information content (AvgIpc) is 2.96. The van der Waals surface area contributed by atoms with Crippen LogP contribution in [0.4, 0.5) is 0 Å². The molecule has 1 atom stereocenters. The van der Waals surface area contributed by atoms with Crippen LogP contribution in [-0.2, 0) is 9.53 Å². The van der Waals surface area contributed by atoms with E-state index in [-0.39, 0.29) is 5.91 Å². The summed E-state index contributed by atoms with van der Waals surface area (Å²) in [7, 11) is 0. The third-order valence-electron chi connectivity index (χ3n) is 4.07. The van der Waals surface area contributed by atoms with E-state index in [9.17, 15) is 4.79 Å². The van der Waals surface area contributed by atoms with Gasteiger partial charge in [0.05, 0.1) is 6.61 Å². The molecule has 2 fully saturated rings. The lowest BCUT2D eigenvalue weighted by Gasteiger charge is -2.36. The van der Waals surface area contributed by atoms with Gasteiger partial charge in [0.1, 0.15) is 5.54 Å². The van der Waals surface area contributed by atoms with Crippen LogP contribution < -0.4 is 5.73 Å². The van der Waals surface area contributed by atoms with Crippen molar-refractivity contribution in [2.24, 2.45) is 11.7 Å². The Kier molecular flexibility index (Phi) is 4.28. The van der Waals surface area contributed by atoms with E-state index in [2.05, 4.69) is 13.8 Å². The Labute approximate surface area is 110 Å². The van der Waals surface area contributed by atoms with Crippen LogP contribution in [0.1, 0.15) is 46.0 Å². The Morgan fingerprint density at radius 2 is 2.11 bits per heavy atom. The maximum atomic E-state index is 12.7. The molecule has 1 unspecified atom stereocenters. The van der Waals surface area contributed by atoms with Gasteiger partial charge in [0.2, 0.25) is 5.91 Å². The smallest absolute Gasteiger partial charge is 0.245 e. The lowest BCUT2D eigenvalue weighted by atomic mass is 9.96. The summed E-state index contributed by atoms with van der Waals surface area (Å²) < 4.78 is 5.33. The van der Waals surface area contributed by atoms with Gasteiger partial charge in [-0.25, -0.2) is 0 Å². The number of carbonyl (C=O) groups excluding carboxylic acids is 1. The molecule has 2 N–H and O–H groups in total. The van der Waals surface area contributed by atoms with Crippen molar-refractivity contribution in [3.8, 4) is 0 Å². The minimum absolute atomic E-state index is 0.112. The summed E-state index contributed by atoms with van der Waals surface area (Å²) in [6, 6.07) is 0.404. The summed E-state index contributed by atoms with van der Waals surface area (Å²) in [6.07, 6.45) is 5.40. The fourth-order valence-electron chi connectivity index (χ4n) is 3.04. The van der Waals surface area contributed by atoms with Gasteiger partial charge in [-0.1, -0.05) is 26.7 Å². The first-order valence-corrected chi connectivity index (χ1v) is 7.20. The van der Waals surface area contributed by atoms with Gasteiger partial charge in [-0.05, 0) is 25.2 Å². The van der Waals surface area contributed by atoms with E-state index >= 15 is 0 Å². The predicted molar refractivity (Wildman–Crippen MR) is 71.2 cm³/mol. The van der Waals surface area contributed by atoms with Crippen LogP contribution in [0.5, 0.6) is 0 Å². The molecule has 4 heteroatoms. The molecule has 1 aliphatic heterocycles. The first-order chi connectivity index (χ1) is 8.53. The zero-order chi connectivity index (χ0) is 13.2. The van der Waals surface area contributed by atoms with Crippen LogP contribution in [0.2, 0.25) is 0 Å².